The van der Waals surface area contributed by atoms with E-state index in [1.165, 1.54) is 23.7 Å². The number of aromatic nitrogens is 2. The molecule has 168 valence electrons. The van der Waals surface area contributed by atoms with Crippen LogP contribution < -0.4 is 10.6 Å². The predicted molar refractivity (Wildman–Crippen MR) is 114 cm³/mol. The van der Waals surface area contributed by atoms with Crippen LogP contribution in [0.25, 0.3) is 0 Å². The Kier molecular flexibility index (Phi) is 9.79. The van der Waals surface area contributed by atoms with Gasteiger partial charge in [0.15, 0.2) is 0 Å². The lowest BCUT2D eigenvalue weighted by atomic mass is 9.97. The van der Waals surface area contributed by atoms with Gasteiger partial charge < -0.3 is 15.4 Å². The van der Waals surface area contributed by atoms with Crippen molar-refractivity contribution in [3.8, 4) is 0 Å². The second kappa shape index (κ2) is 12.3. The molecule has 0 saturated carbocycles. The summed E-state index contributed by atoms with van der Waals surface area (Å²) in [5, 5.41) is 9.83. The molecule has 1 fully saturated rings. The molecule has 9 nitrogen and oxygen atoms in total. The van der Waals surface area contributed by atoms with Crippen molar-refractivity contribution in [1.29, 1.82) is 0 Å². The van der Waals surface area contributed by atoms with Crippen LogP contribution in [0, 0.1) is 5.92 Å². The van der Waals surface area contributed by atoms with Crippen molar-refractivity contribution < 1.29 is 19.1 Å². The summed E-state index contributed by atoms with van der Waals surface area (Å²) in [5.74, 6) is -0.464. The van der Waals surface area contributed by atoms with E-state index in [0.717, 1.165) is 32.2 Å². The molecule has 2 amide bonds. The zero-order chi connectivity index (χ0) is 21.9. The number of aryl methyl sites for hydroxylation is 1. The first kappa shape index (κ1) is 23.9. The van der Waals surface area contributed by atoms with Gasteiger partial charge in [0.25, 0.3) is 0 Å². The topological polar surface area (TPSA) is 106 Å². The molecule has 0 aliphatic carbocycles. The highest BCUT2D eigenvalue weighted by Crippen LogP contribution is 2.18. The minimum atomic E-state index is -0.519. The van der Waals surface area contributed by atoms with Crippen LogP contribution in [0.5, 0.6) is 0 Å². The van der Waals surface area contributed by atoms with Crippen LogP contribution in [0.1, 0.15) is 62.7 Å². The third-order valence-corrected chi connectivity index (χ3v) is 5.27. The molecule has 1 aliphatic rings. The zero-order valence-electron chi connectivity index (χ0n) is 18.4. The van der Waals surface area contributed by atoms with Gasteiger partial charge in [0.2, 0.25) is 11.8 Å². The second-order valence-electron chi connectivity index (χ2n) is 7.73. The van der Waals surface area contributed by atoms with Crippen molar-refractivity contribution in [3.63, 3.8) is 0 Å². The average Bonchev–Trinajstić information content (AvgIpc) is 3.08. The van der Waals surface area contributed by atoms with Gasteiger partial charge in [-0.3, -0.25) is 19.2 Å². The first-order valence-corrected chi connectivity index (χ1v) is 10.9. The predicted octanol–water partition coefficient (Wildman–Crippen LogP) is 1.94. The Bertz CT molecular complexity index is 718. The third kappa shape index (κ3) is 7.12. The number of carbonyl (C=O) groups excluding carboxylic acids is 3. The normalized spacial score (nSPS) is 16.8. The number of carbonyl (C=O) groups is 3. The summed E-state index contributed by atoms with van der Waals surface area (Å²) in [6.45, 7) is 6.34. The van der Waals surface area contributed by atoms with E-state index < -0.39 is 5.97 Å². The average molecular weight is 422 g/mol. The smallest absolute Gasteiger partial charge is 0.343 e. The molecule has 1 aliphatic heterocycles. The number of unbranched alkanes of at least 4 members (excludes halogenated alkanes) is 3. The fourth-order valence-corrected chi connectivity index (χ4v) is 3.64. The third-order valence-electron chi connectivity index (χ3n) is 5.27. The standard InChI is InChI=1S/C21H35N5O4/c1-4-6-7-8-11-22-20(28)16-10-9-12-26(14-16)15-18(27)24-19-17(13-23-25(19)3)21(29)30-5-2/h13,16H,4-12,14-15H2,1-3H3,(H,22,28)(H,24,27). The molecule has 2 heterocycles. The van der Waals surface area contributed by atoms with Crippen LogP contribution in [0.3, 0.4) is 0 Å². The molecule has 0 aromatic carbocycles. The van der Waals surface area contributed by atoms with Crippen molar-refractivity contribution in [2.45, 2.75) is 52.4 Å². The second-order valence-corrected chi connectivity index (χ2v) is 7.73. The van der Waals surface area contributed by atoms with Gasteiger partial charge >= 0.3 is 5.97 Å². The fourth-order valence-electron chi connectivity index (χ4n) is 3.64. The van der Waals surface area contributed by atoms with Crippen molar-refractivity contribution >= 4 is 23.6 Å². The Balaban J connectivity index is 1.84. The molecule has 2 N–H and O–H groups in total. The van der Waals surface area contributed by atoms with Crippen LogP contribution in [-0.4, -0.2) is 65.2 Å². The van der Waals surface area contributed by atoms with Gasteiger partial charge in [-0.1, -0.05) is 26.2 Å². The molecule has 0 bridgehead atoms. The van der Waals surface area contributed by atoms with E-state index in [0.29, 0.717) is 18.9 Å². The molecule has 1 saturated heterocycles. The number of piperidine rings is 1. The lowest BCUT2D eigenvalue weighted by Gasteiger charge is -2.31. The Hall–Kier alpha value is -2.42. The molecule has 9 heteroatoms. The lowest BCUT2D eigenvalue weighted by Crippen LogP contribution is -2.45. The molecule has 30 heavy (non-hydrogen) atoms. The highest BCUT2D eigenvalue weighted by Gasteiger charge is 2.27. The molecule has 1 aromatic heterocycles. The monoisotopic (exact) mass is 421 g/mol. The van der Waals surface area contributed by atoms with Crippen LogP contribution in [0.4, 0.5) is 5.82 Å². The van der Waals surface area contributed by atoms with Crippen LogP contribution in [-0.2, 0) is 21.4 Å². The van der Waals surface area contributed by atoms with Gasteiger partial charge in [-0.2, -0.15) is 5.10 Å². The summed E-state index contributed by atoms with van der Waals surface area (Å²) in [6, 6.07) is 0. The summed E-state index contributed by atoms with van der Waals surface area (Å²) in [7, 11) is 1.65. The van der Waals surface area contributed by atoms with Gasteiger partial charge in [-0.25, -0.2) is 4.79 Å². The number of nitrogens with zero attached hydrogens (tertiary/aromatic N) is 3. The Morgan fingerprint density at radius 2 is 2.03 bits per heavy atom. The maximum atomic E-state index is 12.6. The van der Waals surface area contributed by atoms with Gasteiger partial charge in [0, 0.05) is 20.1 Å². The molecule has 1 aromatic rings. The van der Waals surface area contributed by atoms with Crippen molar-refractivity contribution in [2.24, 2.45) is 13.0 Å². The van der Waals surface area contributed by atoms with Gasteiger partial charge in [-0.05, 0) is 32.7 Å². The fraction of sp³-hybridized carbons (Fsp3) is 0.714. The SMILES string of the molecule is CCCCCCNC(=O)C1CCCN(CC(=O)Nc2c(C(=O)OCC)cnn2C)C1. The molecular formula is C21H35N5O4. The number of likely N-dealkylation sites (tertiary alicyclic amines) is 1. The molecule has 0 radical (unpaired) electrons. The van der Waals surface area contributed by atoms with Crippen molar-refractivity contribution in [2.75, 3.05) is 38.1 Å². The van der Waals surface area contributed by atoms with E-state index >= 15 is 0 Å². The quantitative estimate of drug-likeness (QED) is 0.418. The minimum Gasteiger partial charge on any atom is -0.462 e. The summed E-state index contributed by atoms with van der Waals surface area (Å²) in [4.78, 5) is 39.0. The number of rotatable bonds is 11. The first-order valence-electron chi connectivity index (χ1n) is 10.9. The Morgan fingerprint density at radius 3 is 2.77 bits per heavy atom. The van der Waals surface area contributed by atoms with E-state index in [1.54, 1.807) is 14.0 Å². The summed E-state index contributed by atoms with van der Waals surface area (Å²) < 4.78 is 6.45. The van der Waals surface area contributed by atoms with E-state index in [2.05, 4.69) is 22.7 Å². The zero-order valence-corrected chi connectivity index (χ0v) is 18.4. The van der Waals surface area contributed by atoms with Gasteiger partial charge in [-0.15, -0.1) is 0 Å². The van der Waals surface area contributed by atoms with Crippen LogP contribution in [0.15, 0.2) is 6.20 Å². The number of amides is 2. The number of ether oxygens (including phenoxy) is 1. The van der Waals surface area contributed by atoms with E-state index in [4.69, 9.17) is 4.74 Å². The maximum Gasteiger partial charge on any atom is 0.343 e. The lowest BCUT2D eigenvalue weighted by molar-refractivity contribution is -0.128. The first-order chi connectivity index (χ1) is 14.5. The largest absolute Gasteiger partial charge is 0.462 e. The van der Waals surface area contributed by atoms with E-state index in [9.17, 15) is 14.4 Å². The molecule has 0 spiro atoms. The maximum absolute atomic E-state index is 12.6. The van der Waals surface area contributed by atoms with E-state index in [-0.39, 0.29) is 36.4 Å². The Labute approximate surface area is 178 Å². The van der Waals surface area contributed by atoms with Crippen molar-refractivity contribution in [1.82, 2.24) is 20.0 Å². The van der Waals surface area contributed by atoms with Gasteiger partial charge in [0.1, 0.15) is 11.4 Å². The molecule has 1 atom stereocenters. The highest BCUT2D eigenvalue weighted by atomic mass is 16.5. The molecular weight excluding hydrogens is 386 g/mol. The summed E-state index contributed by atoms with van der Waals surface area (Å²) in [6.07, 6.45) is 7.61. The summed E-state index contributed by atoms with van der Waals surface area (Å²) >= 11 is 0. The Morgan fingerprint density at radius 1 is 1.23 bits per heavy atom. The summed E-state index contributed by atoms with van der Waals surface area (Å²) in [5.41, 5.74) is 0.228. The molecule has 1 unspecified atom stereocenters. The molecule has 2 rings (SSSR count). The number of anilines is 1. The number of nitrogens with one attached hydrogen (secondary N) is 2. The van der Waals surface area contributed by atoms with Crippen LogP contribution >= 0.6 is 0 Å². The highest BCUT2D eigenvalue weighted by molar-refractivity contribution is 6.00. The number of hydrogen-bond donors (Lipinski definition) is 2. The van der Waals surface area contributed by atoms with E-state index in [1.807, 2.05) is 4.90 Å². The van der Waals surface area contributed by atoms with Gasteiger partial charge in [0.05, 0.1) is 25.3 Å². The number of hydrogen-bond acceptors (Lipinski definition) is 6. The minimum absolute atomic E-state index is 0.0767. The van der Waals surface area contributed by atoms with Crippen molar-refractivity contribution in [3.05, 3.63) is 11.8 Å². The number of esters is 1. The van der Waals surface area contributed by atoms with Crippen LogP contribution in [0.2, 0.25) is 0 Å².